The first-order chi connectivity index (χ1) is 15.5. The summed E-state index contributed by atoms with van der Waals surface area (Å²) in [4.78, 5) is 38.3. The van der Waals surface area contributed by atoms with E-state index < -0.39 is 5.97 Å². The number of anilines is 1. The molecule has 0 unspecified atom stereocenters. The Morgan fingerprint density at radius 1 is 1.09 bits per heavy atom. The Hall–Kier alpha value is -2.71. The van der Waals surface area contributed by atoms with Crippen LogP contribution in [0.2, 0.25) is 0 Å². The molecule has 2 heterocycles. The van der Waals surface area contributed by atoms with Gasteiger partial charge in [-0.15, -0.1) is 11.3 Å². The van der Waals surface area contributed by atoms with Crippen molar-refractivity contribution < 1.29 is 23.9 Å². The molecule has 0 spiro atoms. The Balaban J connectivity index is 1.80. The molecule has 8 heteroatoms. The third kappa shape index (κ3) is 5.62. The molecule has 33 heavy (non-hydrogen) atoms. The van der Waals surface area contributed by atoms with E-state index in [1.54, 1.807) is 31.2 Å². The van der Waals surface area contributed by atoms with Gasteiger partial charge in [-0.05, 0) is 70.9 Å². The van der Waals surface area contributed by atoms with Crippen LogP contribution in [0.25, 0.3) is 0 Å². The molecule has 3 rings (SSSR count). The Kier molecular flexibility index (Phi) is 7.29. The van der Waals surface area contributed by atoms with Crippen LogP contribution in [0.15, 0.2) is 24.3 Å². The SMILES string of the molecule is CCOC(=O)c1c(NC(=O)COc2ccc(C(=O)CC)cc2)sc2c1CC(C)(C)NC2(C)C. The number of nitrogens with one attached hydrogen (secondary N) is 2. The molecule has 7 nitrogen and oxygen atoms in total. The van der Waals surface area contributed by atoms with Crippen LogP contribution in [-0.4, -0.2) is 36.4 Å². The maximum absolute atomic E-state index is 12.8. The summed E-state index contributed by atoms with van der Waals surface area (Å²) in [5.74, 6) is -0.275. The van der Waals surface area contributed by atoms with Gasteiger partial charge in [-0.25, -0.2) is 4.79 Å². The average Bonchev–Trinajstić information content (AvgIpc) is 3.09. The number of hydrogen-bond donors (Lipinski definition) is 2. The van der Waals surface area contributed by atoms with E-state index in [1.165, 1.54) is 11.3 Å². The van der Waals surface area contributed by atoms with Crippen LogP contribution in [0.5, 0.6) is 5.75 Å². The van der Waals surface area contributed by atoms with Crippen molar-refractivity contribution in [1.29, 1.82) is 0 Å². The van der Waals surface area contributed by atoms with Gasteiger partial charge in [-0.3, -0.25) is 9.59 Å². The zero-order valence-corrected chi connectivity index (χ0v) is 20.9. The highest BCUT2D eigenvalue weighted by Gasteiger charge is 2.42. The van der Waals surface area contributed by atoms with Gasteiger partial charge in [0.1, 0.15) is 10.8 Å². The number of rotatable bonds is 8. The van der Waals surface area contributed by atoms with Crippen molar-refractivity contribution in [1.82, 2.24) is 5.32 Å². The molecular formula is C25H32N2O5S. The fourth-order valence-electron chi connectivity index (χ4n) is 4.29. The van der Waals surface area contributed by atoms with Crippen molar-refractivity contribution in [2.75, 3.05) is 18.5 Å². The van der Waals surface area contributed by atoms with Crippen LogP contribution in [0.4, 0.5) is 5.00 Å². The van der Waals surface area contributed by atoms with Crippen molar-refractivity contribution in [2.45, 2.75) is 65.5 Å². The lowest BCUT2D eigenvalue weighted by molar-refractivity contribution is -0.118. The lowest BCUT2D eigenvalue weighted by atomic mass is 9.81. The highest BCUT2D eigenvalue weighted by Crippen LogP contribution is 2.45. The normalized spacial score (nSPS) is 15.9. The maximum atomic E-state index is 12.8. The van der Waals surface area contributed by atoms with Crippen molar-refractivity contribution >= 4 is 34.0 Å². The van der Waals surface area contributed by atoms with E-state index in [-0.39, 0.29) is 36.0 Å². The zero-order chi connectivity index (χ0) is 24.4. The minimum absolute atomic E-state index is 0.0491. The van der Waals surface area contributed by atoms with Crippen LogP contribution in [0.1, 0.15) is 79.1 Å². The predicted octanol–water partition coefficient (Wildman–Crippen LogP) is 4.69. The fourth-order valence-corrected chi connectivity index (χ4v) is 5.57. The number of hydrogen-bond acceptors (Lipinski definition) is 7. The molecule has 0 radical (unpaired) electrons. The molecule has 0 fully saturated rings. The highest BCUT2D eigenvalue weighted by molar-refractivity contribution is 7.17. The van der Waals surface area contributed by atoms with Crippen LogP contribution in [-0.2, 0) is 21.5 Å². The number of carbonyl (C=O) groups excluding carboxylic acids is 3. The standard InChI is InChI=1S/C25H32N2O5S/c1-7-18(28)15-9-11-16(12-10-15)32-14-19(29)26-22-20(23(30)31-8-2)17-13-24(3,4)27-25(5,6)21(17)33-22/h9-12,27H,7-8,13-14H2,1-6H3,(H,26,29). The number of ketones is 1. The Morgan fingerprint density at radius 2 is 1.76 bits per heavy atom. The number of benzene rings is 1. The Morgan fingerprint density at radius 3 is 2.36 bits per heavy atom. The summed E-state index contributed by atoms with van der Waals surface area (Å²) in [6.45, 7) is 11.9. The van der Waals surface area contributed by atoms with E-state index in [1.807, 2.05) is 6.92 Å². The minimum Gasteiger partial charge on any atom is -0.484 e. The number of fused-ring (bicyclic) bond motifs is 1. The van der Waals surface area contributed by atoms with Gasteiger partial charge in [0.25, 0.3) is 5.91 Å². The average molecular weight is 473 g/mol. The topological polar surface area (TPSA) is 93.7 Å². The molecule has 0 bridgehead atoms. The molecule has 1 amide bonds. The molecule has 2 N–H and O–H groups in total. The lowest BCUT2D eigenvalue weighted by Crippen LogP contribution is -2.55. The molecule has 178 valence electrons. The summed E-state index contributed by atoms with van der Waals surface area (Å²) < 4.78 is 10.9. The van der Waals surface area contributed by atoms with Gasteiger partial charge < -0.3 is 20.1 Å². The van der Waals surface area contributed by atoms with E-state index in [9.17, 15) is 14.4 Å². The minimum atomic E-state index is -0.434. The zero-order valence-electron chi connectivity index (χ0n) is 20.1. The molecule has 1 aliphatic rings. The van der Waals surface area contributed by atoms with Gasteiger partial charge in [0.15, 0.2) is 12.4 Å². The molecular weight excluding hydrogens is 440 g/mol. The number of ether oxygens (including phenoxy) is 2. The van der Waals surface area contributed by atoms with Gasteiger partial charge in [0.2, 0.25) is 0 Å². The molecule has 0 atom stereocenters. The smallest absolute Gasteiger partial charge is 0.341 e. The first-order valence-corrected chi connectivity index (χ1v) is 12.0. The second-order valence-electron chi connectivity index (χ2n) is 9.28. The van der Waals surface area contributed by atoms with Crippen molar-refractivity contribution in [3.8, 4) is 5.75 Å². The number of esters is 1. The van der Waals surface area contributed by atoms with E-state index in [2.05, 4.69) is 38.3 Å². The fraction of sp³-hybridized carbons (Fsp3) is 0.480. The first-order valence-electron chi connectivity index (χ1n) is 11.2. The van der Waals surface area contributed by atoms with E-state index >= 15 is 0 Å². The van der Waals surface area contributed by atoms with Crippen LogP contribution >= 0.6 is 11.3 Å². The lowest BCUT2D eigenvalue weighted by Gasteiger charge is -2.42. The van der Waals surface area contributed by atoms with E-state index in [4.69, 9.17) is 9.47 Å². The van der Waals surface area contributed by atoms with Gasteiger partial charge >= 0.3 is 5.97 Å². The monoisotopic (exact) mass is 472 g/mol. The molecule has 1 aliphatic heterocycles. The number of amides is 1. The van der Waals surface area contributed by atoms with Gasteiger partial charge in [-0.1, -0.05) is 6.92 Å². The summed E-state index contributed by atoms with van der Waals surface area (Å²) >= 11 is 1.39. The third-order valence-corrected chi connectivity index (χ3v) is 6.92. The van der Waals surface area contributed by atoms with Gasteiger partial charge in [-0.2, -0.15) is 0 Å². The second-order valence-corrected chi connectivity index (χ2v) is 10.3. The summed E-state index contributed by atoms with van der Waals surface area (Å²) in [6.07, 6.45) is 1.07. The largest absolute Gasteiger partial charge is 0.484 e. The van der Waals surface area contributed by atoms with Crippen molar-refractivity contribution in [3.63, 3.8) is 0 Å². The molecule has 1 aromatic heterocycles. The van der Waals surface area contributed by atoms with Crippen molar-refractivity contribution in [2.24, 2.45) is 0 Å². The van der Waals surface area contributed by atoms with Crippen LogP contribution in [0.3, 0.4) is 0 Å². The Labute approximate surface area is 198 Å². The molecule has 2 aromatic rings. The number of carbonyl (C=O) groups is 3. The molecule has 0 saturated heterocycles. The molecule has 1 aromatic carbocycles. The van der Waals surface area contributed by atoms with Crippen LogP contribution < -0.4 is 15.4 Å². The second kappa shape index (κ2) is 9.65. The number of thiophene rings is 1. The van der Waals surface area contributed by atoms with Gasteiger partial charge in [0, 0.05) is 27.9 Å². The first kappa shape index (κ1) is 24.9. The number of Topliss-reactive ketones (excluding diaryl/α,β-unsaturated/α-hetero) is 1. The summed E-state index contributed by atoms with van der Waals surface area (Å²) in [7, 11) is 0. The van der Waals surface area contributed by atoms with Gasteiger partial charge in [0.05, 0.1) is 12.2 Å². The van der Waals surface area contributed by atoms with E-state index in [0.717, 1.165) is 10.4 Å². The third-order valence-electron chi connectivity index (χ3n) is 5.44. The summed E-state index contributed by atoms with van der Waals surface area (Å²) in [6, 6.07) is 6.70. The molecule has 0 saturated carbocycles. The van der Waals surface area contributed by atoms with E-state index in [0.29, 0.717) is 34.7 Å². The summed E-state index contributed by atoms with van der Waals surface area (Å²) in [5.41, 5.74) is 1.38. The summed E-state index contributed by atoms with van der Waals surface area (Å²) in [5, 5.41) is 6.94. The predicted molar refractivity (Wildman–Crippen MR) is 129 cm³/mol. The Bertz CT molecular complexity index is 1050. The maximum Gasteiger partial charge on any atom is 0.341 e. The quantitative estimate of drug-likeness (QED) is 0.427. The van der Waals surface area contributed by atoms with Crippen LogP contribution in [0, 0.1) is 0 Å². The van der Waals surface area contributed by atoms with Crippen molar-refractivity contribution in [3.05, 3.63) is 45.8 Å². The highest BCUT2D eigenvalue weighted by atomic mass is 32.1. The molecule has 0 aliphatic carbocycles.